The Morgan fingerprint density at radius 2 is 0.842 bits per heavy atom. The molecule has 2 atom stereocenters. The molecule has 1 aliphatic rings. The maximum absolute atomic E-state index is 4.14. The summed E-state index contributed by atoms with van der Waals surface area (Å²) in [5, 5.41) is 4.14. The summed E-state index contributed by atoms with van der Waals surface area (Å²) in [6.45, 7) is 14.5. The second kappa shape index (κ2) is 23.8. The van der Waals surface area contributed by atoms with Crippen molar-refractivity contribution in [1.29, 1.82) is 0 Å². The molecule has 0 saturated heterocycles. The van der Waals surface area contributed by atoms with Crippen molar-refractivity contribution in [1.82, 2.24) is 5.32 Å². The fourth-order valence-corrected chi connectivity index (χ4v) is 40.4. The molecule has 0 aromatic heterocycles. The Morgan fingerprint density at radius 3 is 1.21 bits per heavy atom. The zero-order chi connectivity index (χ0) is 28.0. The number of hydrogen-bond donors (Lipinski definition) is 1. The zero-order valence-electron chi connectivity index (χ0n) is 27.5. The average molecular weight is 745 g/mol. The van der Waals surface area contributed by atoms with Crippen LogP contribution in [0.4, 0.5) is 0 Å². The molecule has 1 aliphatic heterocycles. The second-order valence-corrected chi connectivity index (χ2v) is 42.1. The Hall–Kier alpha value is 1.30. The van der Waals surface area contributed by atoms with E-state index in [1.54, 1.807) is 35.5 Å². The third-order valence-corrected chi connectivity index (χ3v) is 42.4. The van der Waals surface area contributed by atoms with Crippen molar-refractivity contribution in [3.8, 4) is 0 Å². The van der Waals surface area contributed by atoms with Gasteiger partial charge in [-0.1, -0.05) is 0 Å². The van der Waals surface area contributed by atoms with Gasteiger partial charge in [-0.15, -0.1) is 0 Å². The Bertz CT molecular complexity index is 517. The van der Waals surface area contributed by atoms with Gasteiger partial charge in [-0.2, -0.15) is 0 Å². The Morgan fingerprint density at radius 1 is 0.500 bits per heavy atom. The van der Waals surface area contributed by atoms with Gasteiger partial charge in [0.15, 0.2) is 0 Å². The van der Waals surface area contributed by atoms with E-state index < -0.39 is 36.8 Å². The molecular weight excluding hydrogens is 672 g/mol. The number of unbranched alkanes of at least 4 members (excludes halogenated alkanes) is 6. The van der Waals surface area contributed by atoms with Crippen molar-refractivity contribution in [3.63, 3.8) is 0 Å². The SMILES string of the molecule is CCC[CH2][Sn]([CH2]CCC)([CH2]CCC)[CH2]CC[C@H]1CC=C[C@H](CC[CH2][Sn]([CH2]CCC)([CH2]CCC)[CH2]CCC)N1. The molecule has 0 unspecified atom stereocenters. The molecule has 0 fully saturated rings. The molecule has 0 aromatic rings. The van der Waals surface area contributed by atoms with Crippen molar-refractivity contribution in [3.05, 3.63) is 12.2 Å². The van der Waals surface area contributed by atoms with E-state index in [2.05, 4.69) is 59.0 Å². The predicted molar refractivity (Wildman–Crippen MR) is 182 cm³/mol. The van der Waals surface area contributed by atoms with E-state index in [1.165, 1.54) is 109 Å². The van der Waals surface area contributed by atoms with Gasteiger partial charge in [0.25, 0.3) is 0 Å². The van der Waals surface area contributed by atoms with E-state index in [4.69, 9.17) is 0 Å². The molecule has 0 amide bonds. The summed E-state index contributed by atoms with van der Waals surface area (Å²) in [6, 6.07) is 1.42. The van der Waals surface area contributed by atoms with Crippen molar-refractivity contribution >= 4 is 36.8 Å². The first-order chi connectivity index (χ1) is 18.5. The minimum absolute atomic E-state index is 0.662. The molecular formula is C35H73NSn2. The molecule has 0 spiro atoms. The first-order valence-electron chi connectivity index (χ1n) is 17.9. The summed E-state index contributed by atoms with van der Waals surface area (Å²) >= 11 is -3.91. The summed E-state index contributed by atoms with van der Waals surface area (Å²) in [7, 11) is 0. The van der Waals surface area contributed by atoms with Gasteiger partial charge in [0.2, 0.25) is 0 Å². The van der Waals surface area contributed by atoms with Crippen LogP contribution in [0.3, 0.4) is 0 Å². The predicted octanol–water partition coefficient (Wildman–Crippen LogP) is 12.5. The topological polar surface area (TPSA) is 12.0 Å². The van der Waals surface area contributed by atoms with Crippen LogP contribution in [0.5, 0.6) is 0 Å². The molecule has 1 heterocycles. The van der Waals surface area contributed by atoms with Gasteiger partial charge in [-0.25, -0.2) is 0 Å². The first-order valence-corrected chi connectivity index (χ1v) is 34.1. The summed E-state index contributed by atoms with van der Waals surface area (Å²) < 4.78 is 13.5. The van der Waals surface area contributed by atoms with Gasteiger partial charge in [0.1, 0.15) is 0 Å². The third-order valence-electron chi connectivity index (χ3n) is 10.1. The first kappa shape index (κ1) is 37.3. The molecule has 38 heavy (non-hydrogen) atoms. The van der Waals surface area contributed by atoms with Crippen molar-refractivity contribution in [2.75, 3.05) is 0 Å². The van der Waals surface area contributed by atoms with Crippen LogP contribution in [0.25, 0.3) is 0 Å². The van der Waals surface area contributed by atoms with Gasteiger partial charge < -0.3 is 0 Å². The molecule has 0 radical (unpaired) electrons. The van der Waals surface area contributed by atoms with E-state index in [-0.39, 0.29) is 0 Å². The quantitative estimate of drug-likeness (QED) is 0.0687. The van der Waals surface area contributed by atoms with Crippen LogP contribution in [-0.2, 0) is 0 Å². The second-order valence-electron chi connectivity index (χ2n) is 13.5. The molecule has 1 nitrogen and oxygen atoms in total. The van der Waals surface area contributed by atoms with Gasteiger partial charge in [0, 0.05) is 0 Å². The van der Waals surface area contributed by atoms with Crippen molar-refractivity contribution < 1.29 is 0 Å². The normalized spacial score (nSPS) is 18.4. The zero-order valence-corrected chi connectivity index (χ0v) is 33.2. The Labute approximate surface area is 250 Å². The summed E-state index contributed by atoms with van der Waals surface area (Å²) in [5.41, 5.74) is 0. The van der Waals surface area contributed by atoms with Gasteiger partial charge >= 0.3 is 252 Å². The Balaban J connectivity index is 2.62. The maximum atomic E-state index is 4.14. The van der Waals surface area contributed by atoms with Crippen LogP contribution in [0.2, 0.25) is 35.5 Å². The molecule has 0 bridgehead atoms. The monoisotopic (exact) mass is 747 g/mol. The van der Waals surface area contributed by atoms with E-state index in [0.29, 0.717) is 6.04 Å². The van der Waals surface area contributed by atoms with E-state index in [9.17, 15) is 0 Å². The molecule has 0 saturated carbocycles. The fraction of sp³-hybridized carbons (Fsp3) is 0.943. The Kier molecular flexibility index (Phi) is 23.4. The number of hydrogen-bond acceptors (Lipinski definition) is 1. The number of rotatable bonds is 26. The minimum atomic E-state index is -1.96. The van der Waals surface area contributed by atoms with Crippen LogP contribution in [-0.4, -0.2) is 48.8 Å². The molecule has 1 N–H and O–H groups in total. The number of nitrogens with one attached hydrogen (secondary N) is 1. The van der Waals surface area contributed by atoms with Crippen LogP contribution < -0.4 is 5.32 Å². The molecule has 1 rings (SSSR count). The fourth-order valence-electron chi connectivity index (χ4n) is 7.45. The van der Waals surface area contributed by atoms with E-state index in [0.717, 1.165) is 6.04 Å². The van der Waals surface area contributed by atoms with Crippen LogP contribution in [0.15, 0.2) is 12.2 Å². The van der Waals surface area contributed by atoms with Crippen LogP contribution >= 0.6 is 0 Å². The van der Waals surface area contributed by atoms with Gasteiger partial charge in [0.05, 0.1) is 0 Å². The van der Waals surface area contributed by atoms with Crippen molar-refractivity contribution in [2.24, 2.45) is 0 Å². The summed E-state index contributed by atoms with van der Waals surface area (Å²) in [4.78, 5) is 0. The van der Waals surface area contributed by atoms with Gasteiger partial charge in [-0.3, -0.25) is 0 Å². The average Bonchev–Trinajstić information content (AvgIpc) is 2.94. The molecule has 3 heteroatoms. The summed E-state index contributed by atoms with van der Waals surface area (Å²) in [6.07, 6.45) is 29.9. The molecule has 0 aromatic carbocycles. The van der Waals surface area contributed by atoms with Gasteiger partial charge in [-0.05, 0) is 0 Å². The third kappa shape index (κ3) is 16.1. The molecule has 226 valence electrons. The standard InChI is InChI=1S/C11H19N.6C4H9.2Sn/c1-3-6-10-8-5-9-11(12-10)7-4-2;6*1-3-4-2;;/h5,8,10-12H,1-4,6-7,9H2;6*1,3-4H2,2H3;;/t10-,11-;;;;;;;;/m0......../s1. The van der Waals surface area contributed by atoms with Crippen LogP contribution in [0, 0.1) is 0 Å². The summed E-state index contributed by atoms with van der Waals surface area (Å²) in [5.74, 6) is 0. The van der Waals surface area contributed by atoms with Crippen LogP contribution in [0.1, 0.15) is 151 Å². The van der Waals surface area contributed by atoms with Crippen molar-refractivity contribution in [2.45, 2.75) is 198 Å². The molecule has 0 aliphatic carbocycles. The van der Waals surface area contributed by atoms with E-state index in [1.807, 2.05) is 0 Å². The van der Waals surface area contributed by atoms with E-state index >= 15 is 0 Å².